The molecule has 6 heteroatoms. The van der Waals surface area contributed by atoms with E-state index >= 15 is 0 Å². The van der Waals surface area contributed by atoms with E-state index < -0.39 is 0 Å². The minimum atomic E-state index is -0.306. The quantitative estimate of drug-likeness (QED) is 0.789. The molecule has 6 nitrogen and oxygen atoms in total. The number of aromatic nitrogens is 2. The number of ether oxygens (including phenoxy) is 1. The van der Waals surface area contributed by atoms with E-state index in [2.05, 4.69) is 9.84 Å². The van der Waals surface area contributed by atoms with Crippen molar-refractivity contribution in [2.75, 3.05) is 20.2 Å². The van der Waals surface area contributed by atoms with Crippen molar-refractivity contribution in [1.82, 2.24) is 14.7 Å². The fraction of sp³-hybridized carbons (Fsp3) is 0.278. The molecule has 0 saturated heterocycles. The molecule has 0 spiro atoms. The van der Waals surface area contributed by atoms with Crippen LogP contribution in [-0.4, -0.2) is 46.8 Å². The molecule has 1 amide bonds. The summed E-state index contributed by atoms with van der Waals surface area (Å²) in [5.74, 6) is -0.388. The Morgan fingerprint density at radius 1 is 1.25 bits per heavy atom. The normalized spacial score (nSPS) is 14.5. The molecule has 3 rings (SSSR count). The Morgan fingerprint density at radius 2 is 2.04 bits per heavy atom. The maximum absolute atomic E-state index is 12.3. The maximum atomic E-state index is 12.3. The van der Waals surface area contributed by atoms with Gasteiger partial charge in [-0.25, -0.2) is 4.68 Å². The molecule has 0 bridgehead atoms. The fourth-order valence-corrected chi connectivity index (χ4v) is 2.75. The minimum Gasteiger partial charge on any atom is -0.469 e. The van der Waals surface area contributed by atoms with Crippen molar-refractivity contribution >= 4 is 17.4 Å². The number of carbonyl (C=O) groups excluding carboxylic acids is 2. The summed E-state index contributed by atoms with van der Waals surface area (Å²) in [6.45, 7) is 0.967. The van der Waals surface area contributed by atoms with Crippen molar-refractivity contribution in [3.63, 3.8) is 0 Å². The third-order valence-corrected chi connectivity index (χ3v) is 4.05. The second-order valence-corrected chi connectivity index (χ2v) is 5.53. The fourth-order valence-electron chi connectivity index (χ4n) is 2.75. The van der Waals surface area contributed by atoms with E-state index in [9.17, 15) is 9.59 Å². The second kappa shape index (κ2) is 7.12. The van der Waals surface area contributed by atoms with Crippen molar-refractivity contribution in [1.29, 1.82) is 0 Å². The van der Waals surface area contributed by atoms with Gasteiger partial charge in [0.1, 0.15) is 0 Å². The zero-order valence-electron chi connectivity index (χ0n) is 13.5. The van der Waals surface area contributed by atoms with E-state index in [4.69, 9.17) is 0 Å². The van der Waals surface area contributed by atoms with Gasteiger partial charge in [-0.2, -0.15) is 5.10 Å². The molecule has 24 heavy (non-hydrogen) atoms. The number of benzene rings is 1. The third-order valence-electron chi connectivity index (χ3n) is 4.05. The topological polar surface area (TPSA) is 64.4 Å². The lowest BCUT2D eigenvalue weighted by atomic mass is 10.0. The van der Waals surface area contributed by atoms with Crippen LogP contribution in [0.4, 0.5) is 0 Å². The van der Waals surface area contributed by atoms with Crippen LogP contribution >= 0.6 is 0 Å². The molecular formula is C18H19N3O3. The van der Waals surface area contributed by atoms with Crippen LogP contribution in [0.2, 0.25) is 0 Å². The summed E-state index contributed by atoms with van der Waals surface area (Å²) in [6, 6.07) is 11.7. The molecule has 2 aromatic rings. The van der Waals surface area contributed by atoms with Gasteiger partial charge in [-0.1, -0.05) is 18.2 Å². The standard InChI is InChI=1S/C18H19N3O3/c1-24-18(23)9-12-20-11-8-14(13-17(20)22)16-7-10-19-21(16)15-5-3-2-4-6-15/h2-7,10,13H,8-9,11-12H2,1H3. The number of hydrogen-bond acceptors (Lipinski definition) is 4. The van der Waals surface area contributed by atoms with E-state index in [0.717, 1.165) is 23.4 Å². The number of amides is 1. The SMILES string of the molecule is COC(=O)CCN1CCC(c2ccnn2-c2ccccc2)=CC1=O. The van der Waals surface area contributed by atoms with Gasteiger partial charge in [-0.05, 0) is 30.2 Å². The molecule has 124 valence electrons. The van der Waals surface area contributed by atoms with Crippen LogP contribution in [0.1, 0.15) is 18.5 Å². The predicted octanol–water partition coefficient (Wildman–Crippen LogP) is 2.05. The molecule has 0 fully saturated rings. The second-order valence-electron chi connectivity index (χ2n) is 5.53. The largest absolute Gasteiger partial charge is 0.469 e. The number of para-hydroxylation sites is 1. The monoisotopic (exact) mass is 325 g/mol. The van der Waals surface area contributed by atoms with Crippen LogP contribution in [0, 0.1) is 0 Å². The Kier molecular flexibility index (Phi) is 4.74. The average Bonchev–Trinajstić information content (AvgIpc) is 3.10. The van der Waals surface area contributed by atoms with Crippen LogP contribution in [0.25, 0.3) is 11.3 Å². The molecule has 1 aliphatic heterocycles. The van der Waals surface area contributed by atoms with Crippen LogP contribution < -0.4 is 0 Å². The zero-order chi connectivity index (χ0) is 16.9. The summed E-state index contributed by atoms with van der Waals surface area (Å²) in [6.07, 6.45) is 4.31. The molecule has 1 aromatic carbocycles. The van der Waals surface area contributed by atoms with Gasteiger partial charge >= 0.3 is 5.97 Å². The predicted molar refractivity (Wildman–Crippen MR) is 89.4 cm³/mol. The molecular weight excluding hydrogens is 306 g/mol. The smallest absolute Gasteiger partial charge is 0.307 e. The average molecular weight is 325 g/mol. The van der Waals surface area contributed by atoms with Gasteiger partial charge in [0, 0.05) is 19.2 Å². The zero-order valence-corrected chi connectivity index (χ0v) is 13.5. The van der Waals surface area contributed by atoms with E-state index in [0.29, 0.717) is 13.1 Å². The molecule has 1 aliphatic rings. The molecule has 0 radical (unpaired) electrons. The van der Waals surface area contributed by atoms with Gasteiger partial charge in [0.05, 0.1) is 31.1 Å². The number of nitrogens with zero attached hydrogens (tertiary/aromatic N) is 3. The Hall–Kier alpha value is -2.89. The Bertz CT molecular complexity index is 765. The number of esters is 1. The van der Waals surface area contributed by atoms with Crippen molar-refractivity contribution in [2.24, 2.45) is 0 Å². The van der Waals surface area contributed by atoms with E-state index in [1.54, 1.807) is 17.2 Å². The van der Waals surface area contributed by atoms with Crippen molar-refractivity contribution in [2.45, 2.75) is 12.8 Å². The first kappa shape index (κ1) is 16.0. The highest BCUT2D eigenvalue weighted by atomic mass is 16.5. The molecule has 1 aromatic heterocycles. The minimum absolute atomic E-state index is 0.0824. The van der Waals surface area contributed by atoms with E-state index in [1.165, 1.54) is 7.11 Å². The number of hydrogen-bond donors (Lipinski definition) is 0. The van der Waals surface area contributed by atoms with Gasteiger partial charge in [-0.3, -0.25) is 9.59 Å². The summed E-state index contributed by atoms with van der Waals surface area (Å²) in [7, 11) is 1.35. The molecule has 0 aliphatic carbocycles. The van der Waals surface area contributed by atoms with E-state index in [-0.39, 0.29) is 18.3 Å². The highest BCUT2D eigenvalue weighted by Gasteiger charge is 2.22. The lowest BCUT2D eigenvalue weighted by molar-refractivity contribution is -0.141. The van der Waals surface area contributed by atoms with E-state index in [1.807, 2.05) is 41.1 Å². The van der Waals surface area contributed by atoms with Gasteiger partial charge in [0.2, 0.25) is 5.91 Å². The number of rotatable bonds is 5. The summed E-state index contributed by atoms with van der Waals surface area (Å²) in [5, 5.41) is 4.37. The van der Waals surface area contributed by atoms with Gasteiger partial charge < -0.3 is 9.64 Å². The highest BCUT2D eigenvalue weighted by molar-refractivity contribution is 5.96. The third kappa shape index (κ3) is 3.37. The lowest BCUT2D eigenvalue weighted by Gasteiger charge is -2.26. The number of methoxy groups -OCH3 is 1. The molecule has 0 N–H and O–H groups in total. The first-order chi connectivity index (χ1) is 11.7. The highest BCUT2D eigenvalue weighted by Crippen LogP contribution is 2.25. The summed E-state index contributed by atoms with van der Waals surface area (Å²) in [4.78, 5) is 25.2. The summed E-state index contributed by atoms with van der Waals surface area (Å²) >= 11 is 0. The van der Waals surface area contributed by atoms with Crippen LogP contribution in [0.15, 0.2) is 48.7 Å². The van der Waals surface area contributed by atoms with Crippen molar-refractivity contribution in [3.05, 3.63) is 54.4 Å². The van der Waals surface area contributed by atoms with Crippen LogP contribution in [0.5, 0.6) is 0 Å². The molecule has 0 saturated carbocycles. The maximum Gasteiger partial charge on any atom is 0.307 e. The first-order valence-electron chi connectivity index (χ1n) is 7.85. The Labute approximate surface area is 140 Å². The number of carbonyl (C=O) groups is 2. The van der Waals surface area contributed by atoms with Crippen molar-refractivity contribution in [3.8, 4) is 5.69 Å². The summed E-state index contributed by atoms with van der Waals surface area (Å²) in [5.41, 5.74) is 2.83. The lowest BCUT2D eigenvalue weighted by Crippen LogP contribution is -2.35. The molecule has 0 unspecified atom stereocenters. The Balaban J connectivity index is 1.77. The Morgan fingerprint density at radius 3 is 2.75 bits per heavy atom. The van der Waals surface area contributed by atoms with Crippen LogP contribution in [0.3, 0.4) is 0 Å². The molecule has 2 heterocycles. The summed E-state index contributed by atoms with van der Waals surface area (Å²) < 4.78 is 6.45. The van der Waals surface area contributed by atoms with Crippen molar-refractivity contribution < 1.29 is 14.3 Å². The van der Waals surface area contributed by atoms with Gasteiger partial charge in [-0.15, -0.1) is 0 Å². The van der Waals surface area contributed by atoms with Crippen LogP contribution in [-0.2, 0) is 14.3 Å². The first-order valence-corrected chi connectivity index (χ1v) is 7.85. The van der Waals surface area contributed by atoms with Gasteiger partial charge in [0.15, 0.2) is 0 Å². The van der Waals surface area contributed by atoms with Gasteiger partial charge in [0.25, 0.3) is 0 Å². The molecule has 0 atom stereocenters.